The molecule has 0 spiro atoms. The number of sulfone groups is 1. The summed E-state index contributed by atoms with van der Waals surface area (Å²) >= 11 is 0. The molecule has 3 heterocycles. The number of hydrogen-bond acceptors (Lipinski definition) is 6. The zero-order valence-electron chi connectivity index (χ0n) is 17.9. The Balaban J connectivity index is 2.10. The molecule has 3 aromatic rings. The van der Waals surface area contributed by atoms with Crippen LogP contribution in [0.4, 0.5) is 13.2 Å². The summed E-state index contributed by atoms with van der Waals surface area (Å²) in [5.74, 6) is -0.519. The molecule has 0 bridgehead atoms. The Morgan fingerprint density at radius 2 is 1.81 bits per heavy atom. The van der Waals surface area contributed by atoms with E-state index in [0.29, 0.717) is 5.69 Å². The minimum absolute atomic E-state index is 0.0369. The summed E-state index contributed by atoms with van der Waals surface area (Å²) in [5, 5.41) is 6.23. The van der Waals surface area contributed by atoms with Gasteiger partial charge < -0.3 is 5.32 Å². The molecule has 0 unspecified atom stereocenters. The van der Waals surface area contributed by atoms with Gasteiger partial charge in [0.25, 0.3) is 0 Å². The molecule has 172 valence electrons. The first-order chi connectivity index (χ1) is 14.7. The third kappa shape index (κ3) is 5.23. The highest BCUT2D eigenvalue weighted by Gasteiger charge is 2.34. The van der Waals surface area contributed by atoms with Gasteiger partial charge in [0.15, 0.2) is 21.2 Å². The van der Waals surface area contributed by atoms with Crippen molar-refractivity contribution >= 4 is 21.4 Å². The number of aromatic nitrogens is 4. The number of fused-ring (bicyclic) bond motifs is 1. The van der Waals surface area contributed by atoms with Crippen LogP contribution in [0, 0.1) is 0 Å². The van der Waals surface area contributed by atoms with Gasteiger partial charge in [0.1, 0.15) is 5.69 Å². The van der Waals surface area contributed by atoms with Crippen LogP contribution in [-0.4, -0.2) is 45.2 Å². The Kier molecular flexibility index (Phi) is 6.02. The molecular formula is C20H22F3N5O3S. The molecule has 0 aliphatic carbocycles. The van der Waals surface area contributed by atoms with E-state index in [0.717, 1.165) is 10.6 Å². The molecule has 1 N–H and O–H groups in total. The van der Waals surface area contributed by atoms with Gasteiger partial charge in [0.05, 0.1) is 28.5 Å². The van der Waals surface area contributed by atoms with Gasteiger partial charge in [-0.3, -0.25) is 4.79 Å². The zero-order chi connectivity index (χ0) is 23.9. The van der Waals surface area contributed by atoms with Crippen molar-refractivity contribution in [3.63, 3.8) is 0 Å². The lowest BCUT2D eigenvalue weighted by Gasteiger charge is -2.20. The van der Waals surface area contributed by atoms with Crippen LogP contribution in [0.5, 0.6) is 0 Å². The second-order valence-corrected chi connectivity index (χ2v) is 10.4. The van der Waals surface area contributed by atoms with Gasteiger partial charge in [0.2, 0.25) is 5.91 Å². The normalized spacial score (nSPS) is 12.8. The minimum Gasteiger partial charge on any atom is -0.351 e. The van der Waals surface area contributed by atoms with Gasteiger partial charge in [-0.15, -0.1) is 0 Å². The largest absolute Gasteiger partial charge is 0.435 e. The van der Waals surface area contributed by atoms with Crippen LogP contribution in [0.15, 0.2) is 35.4 Å². The van der Waals surface area contributed by atoms with Crippen LogP contribution < -0.4 is 5.32 Å². The van der Waals surface area contributed by atoms with Crippen molar-refractivity contribution in [1.82, 2.24) is 24.9 Å². The number of hydrogen-bond donors (Lipinski definition) is 1. The number of nitrogens with zero attached hydrogens (tertiary/aromatic N) is 4. The van der Waals surface area contributed by atoms with Gasteiger partial charge >= 0.3 is 6.18 Å². The minimum atomic E-state index is -4.65. The van der Waals surface area contributed by atoms with Crippen molar-refractivity contribution in [2.24, 2.45) is 0 Å². The van der Waals surface area contributed by atoms with E-state index in [9.17, 15) is 26.4 Å². The van der Waals surface area contributed by atoms with Crippen LogP contribution in [0.1, 0.15) is 39.1 Å². The number of rotatable bonds is 5. The highest BCUT2D eigenvalue weighted by molar-refractivity contribution is 7.91. The lowest BCUT2D eigenvalue weighted by atomic mass is 10.1. The summed E-state index contributed by atoms with van der Waals surface area (Å²) in [6, 6.07) is 4.87. The molecular weight excluding hydrogens is 447 g/mol. The summed E-state index contributed by atoms with van der Waals surface area (Å²) in [6.45, 7) is 6.93. The first kappa shape index (κ1) is 23.6. The van der Waals surface area contributed by atoms with E-state index in [1.54, 1.807) is 0 Å². The van der Waals surface area contributed by atoms with Gasteiger partial charge in [0, 0.05) is 17.8 Å². The molecule has 32 heavy (non-hydrogen) atoms. The van der Waals surface area contributed by atoms with Crippen LogP contribution in [0.3, 0.4) is 0 Å². The maximum Gasteiger partial charge on any atom is 0.435 e. The molecule has 0 aliphatic rings. The Morgan fingerprint density at radius 1 is 1.12 bits per heavy atom. The van der Waals surface area contributed by atoms with Crippen LogP contribution in [0.2, 0.25) is 0 Å². The van der Waals surface area contributed by atoms with Crippen molar-refractivity contribution in [2.75, 3.05) is 5.75 Å². The molecule has 12 heteroatoms. The number of nitrogens with one attached hydrogen (secondary N) is 1. The molecule has 0 aromatic carbocycles. The quantitative estimate of drug-likeness (QED) is 0.616. The van der Waals surface area contributed by atoms with E-state index in [1.807, 2.05) is 20.8 Å². The lowest BCUT2D eigenvalue weighted by molar-refractivity contribution is -0.141. The standard InChI is InChI=1S/C20H22F3N5O3S/c1-5-32(30,31)14-7-6-12(10-17(29)26-19(2,3)4)24-18(14)13-8-9-28-16(25-13)11-15(27-28)20(21,22)23/h6-9,11H,5,10H2,1-4H3,(H,26,29). The fraction of sp³-hybridized carbons (Fsp3) is 0.400. The Bertz CT molecular complexity index is 1280. The Labute approximate surface area is 182 Å². The highest BCUT2D eigenvalue weighted by Crippen LogP contribution is 2.30. The maximum absolute atomic E-state index is 13.0. The van der Waals surface area contributed by atoms with E-state index >= 15 is 0 Å². The molecule has 0 atom stereocenters. The Morgan fingerprint density at radius 3 is 2.41 bits per heavy atom. The fourth-order valence-electron chi connectivity index (χ4n) is 2.95. The fourth-order valence-corrected chi connectivity index (χ4v) is 3.98. The van der Waals surface area contributed by atoms with Gasteiger partial charge in [-0.05, 0) is 39.0 Å². The molecule has 0 saturated heterocycles. The first-order valence-electron chi connectivity index (χ1n) is 9.67. The molecule has 1 amide bonds. The summed E-state index contributed by atoms with van der Waals surface area (Å²) < 4.78 is 65.1. The van der Waals surface area contributed by atoms with Crippen molar-refractivity contribution in [3.05, 3.63) is 41.9 Å². The molecule has 0 fully saturated rings. The highest BCUT2D eigenvalue weighted by atomic mass is 32.2. The monoisotopic (exact) mass is 469 g/mol. The molecule has 3 rings (SSSR count). The number of pyridine rings is 1. The van der Waals surface area contributed by atoms with Crippen LogP contribution in [-0.2, 0) is 27.2 Å². The number of amides is 1. The molecule has 0 saturated carbocycles. The zero-order valence-corrected chi connectivity index (χ0v) is 18.7. The number of halogens is 3. The van der Waals surface area contributed by atoms with Gasteiger partial charge in [-0.25, -0.2) is 22.9 Å². The van der Waals surface area contributed by atoms with E-state index in [-0.39, 0.29) is 40.0 Å². The third-order valence-electron chi connectivity index (χ3n) is 4.34. The second-order valence-electron chi connectivity index (χ2n) is 8.17. The predicted octanol–water partition coefficient (Wildman–Crippen LogP) is 3.06. The van der Waals surface area contributed by atoms with E-state index in [1.165, 1.54) is 31.3 Å². The van der Waals surface area contributed by atoms with Crippen molar-refractivity contribution in [3.8, 4) is 11.4 Å². The molecule has 3 aromatic heterocycles. The smallest absolute Gasteiger partial charge is 0.351 e. The predicted molar refractivity (Wildman–Crippen MR) is 111 cm³/mol. The van der Waals surface area contributed by atoms with E-state index in [2.05, 4.69) is 20.4 Å². The molecule has 0 radical (unpaired) electrons. The lowest BCUT2D eigenvalue weighted by Crippen LogP contribution is -2.41. The Hall–Kier alpha value is -3.02. The SMILES string of the molecule is CCS(=O)(=O)c1ccc(CC(=O)NC(C)(C)C)nc1-c1ccn2nc(C(F)(F)F)cc2n1. The third-order valence-corrected chi connectivity index (χ3v) is 6.10. The molecule has 0 aliphatic heterocycles. The van der Waals surface area contributed by atoms with E-state index in [4.69, 9.17) is 0 Å². The summed E-state index contributed by atoms with van der Waals surface area (Å²) in [5.41, 5.74) is -1.39. The summed E-state index contributed by atoms with van der Waals surface area (Å²) in [6.07, 6.45) is -3.51. The first-order valence-corrected chi connectivity index (χ1v) is 11.3. The van der Waals surface area contributed by atoms with Gasteiger partial charge in [-0.2, -0.15) is 18.3 Å². The summed E-state index contributed by atoms with van der Waals surface area (Å²) in [4.78, 5) is 20.6. The van der Waals surface area contributed by atoms with E-state index < -0.39 is 27.2 Å². The van der Waals surface area contributed by atoms with Crippen molar-refractivity contribution < 1.29 is 26.4 Å². The topological polar surface area (TPSA) is 106 Å². The van der Waals surface area contributed by atoms with Crippen LogP contribution in [0.25, 0.3) is 17.0 Å². The average molecular weight is 469 g/mol. The second kappa shape index (κ2) is 8.15. The summed E-state index contributed by atoms with van der Waals surface area (Å²) in [7, 11) is -3.73. The average Bonchev–Trinajstić information content (AvgIpc) is 3.10. The van der Waals surface area contributed by atoms with Crippen LogP contribution >= 0.6 is 0 Å². The number of carbonyl (C=O) groups excluding carboxylic acids is 1. The van der Waals surface area contributed by atoms with Crippen molar-refractivity contribution in [2.45, 2.75) is 50.7 Å². The number of carbonyl (C=O) groups is 1. The van der Waals surface area contributed by atoms with Crippen molar-refractivity contribution in [1.29, 1.82) is 0 Å². The maximum atomic E-state index is 13.0. The number of alkyl halides is 3. The molecule has 8 nitrogen and oxygen atoms in total. The van der Waals surface area contributed by atoms with Gasteiger partial charge in [-0.1, -0.05) is 6.92 Å².